The Labute approximate surface area is 301 Å². The molecule has 8 nitrogen and oxygen atoms in total. The van der Waals surface area contributed by atoms with Crippen molar-refractivity contribution in [2.75, 3.05) is 4.90 Å². The molecule has 0 saturated heterocycles. The summed E-state index contributed by atoms with van der Waals surface area (Å²) in [6, 6.07) is 33.7. The number of nitrogens with zero attached hydrogens (tertiary/aromatic N) is 2. The molecule has 0 spiro atoms. The van der Waals surface area contributed by atoms with Crippen molar-refractivity contribution in [3.05, 3.63) is 178 Å². The highest BCUT2D eigenvalue weighted by Gasteiger charge is 2.38. The van der Waals surface area contributed by atoms with E-state index in [0.717, 1.165) is 45.0 Å². The van der Waals surface area contributed by atoms with Gasteiger partial charge in [0.15, 0.2) is 5.78 Å². The second-order valence-corrected chi connectivity index (χ2v) is 13.1. The van der Waals surface area contributed by atoms with E-state index in [4.69, 9.17) is 0 Å². The predicted molar refractivity (Wildman–Crippen MR) is 203 cm³/mol. The molecule has 5 aromatic carbocycles. The Morgan fingerprint density at radius 3 is 1.29 bits per heavy atom. The van der Waals surface area contributed by atoms with Gasteiger partial charge in [-0.1, -0.05) is 76.5 Å². The first-order valence-corrected chi connectivity index (χ1v) is 16.7. The number of hydrogen-bond acceptors (Lipinski definition) is 7. The molecule has 0 aliphatic heterocycles. The third-order valence-corrected chi connectivity index (χ3v) is 9.26. The van der Waals surface area contributed by atoms with Crippen molar-refractivity contribution < 1.29 is 30.3 Å². The van der Waals surface area contributed by atoms with Gasteiger partial charge in [-0.25, -0.2) is 0 Å². The van der Waals surface area contributed by atoms with E-state index in [-0.39, 0.29) is 11.1 Å². The fourth-order valence-corrected chi connectivity index (χ4v) is 6.48. The van der Waals surface area contributed by atoms with Crippen LogP contribution in [0.4, 0.5) is 28.4 Å². The number of anilines is 3. The summed E-state index contributed by atoms with van der Waals surface area (Å²) < 4.78 is 1.84. The van der Waals surface area contributed by atoms with E-state index in [2.05, 4.69) is 0 Å². The first kappa shape index (κ1) is 33.7. The van der Waals surface area contributed by atoms with Crippen LogP contribution < -0.4 is 14.6 Å². The van der Waals surface area contributed by atoms with E-state index >= 15 is 0 Å². The van der Waals surface area contributed by atoms with Crippen molar-refractivity contribution in [2.24, 2.45) is 0 Å². The molecule has 0 saturated carbocycles. The van der Waals surface area contributed by atoms with E-state index in [9.17, 15) is 30.3 Å². The molecule has 0 atom stereocenters. The Morgan fingerprint density at radius 1 is 0.519 bits per heavy atom. The number of aliphatic hydroxyl groups excluding tert-OH is 2. The summed E-state index contributed by atoms with van der Waals surface area (Å²) in [5.41, 5.74) is 6.52. The molecule has 0 heterocycles. The van der Waals surface area contributed by atoms with E-state index in [1.54, 1.807) is 0 Å². The number of benzene rings is 5. The second-order valence-electron chi connectivity index (χ2n) is 13.1. The molecule has 0 amide bonds. The summed E-state index contributed by atoms with van der Waals surface area (Å²) >= 11 is 0. The number of rotatable bonds is 6. The number of phenols is 2. The van der Waals surface area contributed by atoms with Crippen molar-refractivity contribution in [3.63, 3.8) is 0 Å². The van der Waals surface area contributed by atoms with Crippen LogP contribution in [0.5, 0.6) is 11.5 Å². The van der Waals surface area contributed by atoms with E-state index < -0.39 is 45.7 Å². The number of aryl methyl sites for hydroxylation is 4. The standard InChI is InChI=1S/C44H36N2O6/c1-25-5-13-29(14-6-25)45(30-15-7-26(2)8-16-30)33-21-35(47)39(36(48)22-33)41-43(51)42(44(41)52)40-37(49)23-34(24-38(40)50)46(31-17-9-27(3)10-18-31)32-19-11-28(4)12-20-32/h5-24H,1-4H3,(H4,47,48,49,50,51,52). The van der Waals surface area contributed by atoms with Crippen LogP contribution in [-0.4, -0.2) is 31.9 Å². The van der Waals surface area contributed by atoms with Gasteiger partial charge in [-0.05, 0) is 52.0 Å². The van der Waals surface area contributed by atoms with E-state index in [0.29, 0.717) is 11.4 Å². The van der Waals surface area contributed by atoms with Gasteiger partial charge >= 0.3 is 0 Å². The molecule has 258 valence electrons. The molecule has 52 heavy (non-hydrogen) atoms. The Balaban J connectivity index is 1.30. The lowest BCUT2D eigenvalue weighted by Crippen LogP contribution is -2.32. The topological polar surface area (TPSA) is 127 Å². The number of Topliss-reactive ketones (excluding diaryl/α,β-unsaturated/α-hetero) is 1. The Kier molecular flexibility index (Phi) is 8.52. The molecule has 4 N–H and O–H groups in total. The van der Waals surface area contributed by atoms with Gasteiger partial charge in [-0.15, -0.1) is 0 Å². The normalized spacial score (nSPS) is 14.2. The van der Waals surface area contributed by atoms with Crippen molar-refractivity contribution in [1.29, 1.82) is 0 Å². The van der Waals surface area contributed by atoms with Crippen LogP contribution in [0.2, 0.25) is 0 Å². The number of ketones is 1. The molecule has 2 aliphatic rings. The maximum atomic E-state index is 13.7. The van der Waals surface area contributed by atoms with Gasteiger partial charge in [0.2, 0.25) is 17.1 Å². The van der Waals surface area contributed by atoms with Crippen LogP contribution in [0.15, 0.2) is 150 Å². The van der Waals surface area contributed by atoms with Gasteiger partial charge in [0.25, 0.3) is 0 Å². The van der Waals surface area contributed by atoms with Crippen LogP contribution in [0.3, 0.4) is 0 Å². The highest BCUT2D eigenvalue weighted by Crippen LogP contribution is 2.48. The first-order valence-electron chi connectivity index (χ1n) is 16.7. The number of carbonyl (C=O) groups excluding carboxylic acids is 1. The third-order valence-electron chi connectivity index (χ3n) is 9.26. The Bertz CT molecular complexity index is 2270. The van der Waals surface area contributed by atoms with Gasteiger partial charge in [0, 0.05) is 58.9 Å². The van der Waals surface area contributed by atoms with Crippen molar-refractivity contribution in [1.82, 2.24) is 4.58 Å². The van der Waals surface area contributed by atoms with Crippen molar-refractivity contribution in [2.45, 2.75) is 27.7 Å². The van der Waals surface area contributed by atoms with Crippen LogP contribution in [-0.2, 0) is 4.79 Å². The molecule has 0 bridgehead atoms. The minimum absolute atomic E-state index is 0.323. The van der Waals surface area contributed by atoms with E-state index in [1.807, 2.05) is 134 Å². The summed E-state index contributed by atoms with van der Waals surface area (Å²) in [6.45, 7) is 7.89. The monoisotopic (exact) mass is 688 g/mol. The minimum atomic E-state index is -0.829. The third kappa shape index (κ3) is 6.00. The van der Waals surface area contributed by atoms with Crippen molar-refractivity contribution >= 4 is 45.5 Å². The zero-order chi connectivity index (χ0) is 36.8. The molecule has 0 aromatic heterocycles. The maximum Gasteiger partial charge on any atom is 0.219 e. The van der Waals surface area contributed by atoms with Gasteiger partial charge in [0.1, 0.15) is 23.0 Å². The van der Waals surface area contributed by atoms with Gasteiger partial charge in [-0.3, -0.25) is 4.79 Å². The number of aromatic hydroxyl groups is 2. The van der Waals surface area contributed by atoms with Gasteiger partial charge in [-0.2, -0.15) is 4.58 Å². The molecule has 7 rings (SSSR count). The molecule has 0 radical (unpaired) electrons. The fraction of sp³-hybridized carbons (Fsp3) is 0.0909. The van der Waals surface area contributed by atoms with Crippen LogP contribution >= 0.6 is 0 Å². The molecular formula is C44H36N2O6. The molecule has 2 aliphatic carbocycles. The largest absolute Gasteiger partial charge is 0.871 e. The smallest absolute Gasteiger partial charge is 0.219 e. The van der Waals surface area contributed by atoms with Crippen LogP contribution in [0, 0.1) is 27.7 Å². The average molecular weight is 689 g/mol. The highest BCUT2D eigenvalue weighted by atomic mass is 16.3. The lowest BCUT2D eigenvalue weighted by Gasteiger charge is -2.34. The van der Waals surface area contributed by atoms with Crippen molar-refractivity contribution in [3.8, 4) is 11.5 Å². The van der Waals surface area contributed by atoms with Gasteiger partial charge in [0.05, 0.1) is 29.0 Å². The van der Waals surface area contributed by atoms with Crippen LogP contribution in [0.1, 0.15) is 27.8 Å². The summed E-state index contributed by atoms with van der Waals surface area (Å²) in [6.07, 6.45) is 2.77. The number of allylic oxidation sites excluding steroid dienone is 4. The summed E-state index contributed by atoms with van der Waals surface area (Å²) in [4.78, 5) is 15.5. The number of hydrogen-bond donors (Lipinski definition) is 4. The zero-order valence-electron chi connectivity index (χ0n) is 29.0. The fourth-order valence-electron chi connectivity index (χ4n) is 6.48. The molecule has 0 unspecified atom stereocenters. The van der Waals surface area contributed by atoms with E-state index in [1.165, 1.54) is 24.3 Å². The maximum absolute atomic E-state index is 13.7. The minimum Gasteiger partial charge on any atom is -0.871 e. The summed E-state index contributed by atoms with van der Waals surface area (Å²) in [5, 5.41) is 58.7. The summed E-state index contributed by atoms with van der Waals surface area (Å²) in [5.74, 6) is -3.58. The zero-order valence-corrected chi connectivity index (χ0v) is 29.0. The Morgan fingerprint density at radius 2 is 0.904 bits per heavy atom. The quantitative estimate of drug-likeness (QED) is 0.104. The molecule has 8 heteroatoms. The first-order chi connectivity index (χ1) is 24.9. The predicted octanol–water partition coefficient (Wildman–Crippen LogP) is 8.63. The number of aliphatic hydroxyl groups is 2. The second kappa shape index (κ2) is 13.2. The molecular weight excluding hydrogens is 652 g/mol. The molecule has 0 fully saturated rings. The highest BCUT2D eigenvalue weighted by molar-refractivity contribution is 6.40. The number of carbonyl (C=O) groups is 1. The van der Waals surface area contributed by atoms with Crippen LogP contribution in [0.25, 0.3) is 5.57 Å². The van der Waals surface area contributed by atoms with Gasteiger partial charge < -0.3 is 30.4 Å². The average Bonchev–Trinajstić information content (AvgIpc) is 3.11. The number of phenolic OH excluding ortho intramolecular Hbond substituents is 2. The SMILES string of the molecule is Cc1ccc(N(c2ccc(C)cc2)c2cc(O)c(C3=C([O-])C(=C4C(O)=CC(=[N+](c5ccc(C)cc5)c5ccc(C)cc5)C=C4O)C3=O)c(O)c2)cc1. The lowest BCUT2D eigenvalue weighted by atomic mass is 9.78. The molecule has 5 aromatic rings. The summed E-state index contributed by atoms with van der Waals surface area (Å²) in [7, 11) is 0. The lowest BCUT2D eigenvalue weighted by molar-refractivity contribution is -0.297. The Hall–Kier alpha value is -6.80.